The molecule has 0 saturated heterocycles. The van der Waals surface area contributed by atoms with Crippen LogP contribution < -0.4 is 20.5 Å². The molecule has 3 aromatic rings. The number of ether oxygens (including phenoxy) is 2. The third kappa shape index (κ3) is 4.08. The Bertz CT molecular complexity index is 1280. The number of amides is 1. The van der Waals surface area contributed by atoms with Crippen molar-refractivity contribution in [2.24, 2.45) is 5.73 Å². The highest BCUT2D eigenvalue weighted by molar-refractivity contribution is 6.36. The van der Waals surface area contributed by atoms with Crippen LogP contribution in [0.5, 0.6) is 11.6 Å². The van der Waals surface area contributed by atoms with Crippen LogP contribution in [0.3, 0.4) is 0 Å². The molecule has 0 saturated carbocycles. The smallest absolute Gasteiger partial charge is 0.262 e. The minimum absolute atomic E-state index is 0.0265. The molecular formula is C22H17Cl2N5O3. The minimum atomic E-state index is -0.563. The maximum atomic E-state index is 12.4. The number of nitriles is 1. The summed E-state index contributed by atoms with van der Waals surface area (Å²) in [5, 5.41) is 20.2. The van der Waals surface area contributed by atoms with E-state index in [9.17, 15) is 10.1 Å². The van der Waals surface area contributed by atoms with Crippen LogP contribution in [0, 0.1) is 18.3 Å². The number of hydrogen-bond donors (Lipinski definition) is 3. The molecule has 0 radical (unpaired) electrons. The van der Waals surface area contributed by atoms with Gasteiger partial charge < -0.3 is 20.5 Å². The molecule has 162 valence electrons. The first-order valence-electron chi connectivity index (χ1n) is 9.48. The Kier molecular flexibility index (Phi) is 5.95. The van der Waals surface area contributed by atoms with E-state index in [0.29, 0.717) is 38.5 Å². The number of carbonyl (C=O) groups excluding carboxylic acids is 1. The van der Waals surface area contributed by atoms with Crippen LogP contribution in [0.1, 0.15) is 22.7 Å². The number of nitrogens with zero attached hydrogens (tertiary/aromatic N) is 2. The summed E-state index contributed by atoms with van der Waals surface area (Å²) in [6.07, 6.45) is 0. The van der Waals surface area contributed by atoms with Crippen LogP contribution in [0.4, 0.5) is 5.69 Å². The monoisotopic (exact) mass is 469 g/mol. The summed E-state index contributed by atoms with van der Waals surface area (Å²) in [5.74, 6) is -0.279. The van der Waals surface area contributed by atoms with E-state index in [1.165, 1.54) is 6.07 Å². The van der Waals surface area contributed by atoms with Gasteiger partial charge in [-0.1, -0.05) is 41.4 Å². The number of anilines is 1. The standard InChI is InChI=1S/C22H17Cl2N5O3/c1-11-19-20(14(9-25)21(26)32-22(19)29-28-11)13-4-2-3-5-17(13)31-10-18(30)27-16-7-6-12(23)8-15(16)24/h2-8,20H,10,26H2,1H3,(H,27,30)(H,28,29). The Balaban J connectivity index is 1.60. The van der Waals surface area contributed by atoms with Gasteiger partial charge in [-0.15, -0.1) is 5.10 Å². The lowest BCUT2D eigenvalue weighted by atomic mass is 9.83. The second-order valence-electron chi connectivity index (χ2n) is 6.99. The van der Waals surface area contributed by atoms with Gasteiger partial charge in [0.1, 0.15) is 17.4 Å². The number of benzene rings is 2. The van der Waals surface area contributed by atoms with E-state index in [4.69, 9.17) is 38.4 Å². The maximum Gasteiger partial charge on any atom is 0.262 e. The highest BCUT2D eigenvalue weighted by Crippen LogP contribution is 2.45. The summed E-state index contributed by atoms with van der Waals surface area (Å²) in [6.45, 7) is 1.54. The Morgan fingerprint density at radius 1 is 1.34 bits per heavy atom. The zero-order chi connectivity index (χ0) is 22.8. The Hall–Kier alpha value is -3.67. The Morgan fingerprint density at radius 3 is 2.88 bits per heavy atom. The number of aryl methyl sites for hydroxylation is 1. The second kappa shape index (κ2) is 8.83. The molecule has 0 spiro atoms. The van der Waals surface area contributed by atoms with Crippen molar-refractivity contribution < 1.29 is 14.3 Å². The molecule has 1 aliphatic rings. The van der Waals surface area contributed by atoms with Crippen LogP contribution in [-0.2, 0) is 4.79 Å². The number of carbonyl (C=O) groups is 1. The van der Waals surface area contributed by atoms with Crippen molar-refractivity contribution in [3.05, 3.63) is 80.8 Å². The zero-order valence-electron chi connectivity index (χ0n) is 16.8. The van der Waals surface area contributed by atoms with Gasteiger partial charge >= 0.3 is 0 Å². The minimum Gasteiger partial charge on any atom is -0.483 e. The highest BCUT2D eigenvalue weighted by atomic mass is 35.5. The van der Waals surface area contributed by atoms with Gasteiger partial charge in [-0.3, -0.25) is 9.89 Å². The van der Waals surface area contributed by atoms with E-state index >= 15 is 0 Å². The summed E-state index contributed by atoms with van der Waals surface area (Å²) in [4.78, 5) is 12.4. The summed E-state index contributed by atoms with van der Waals surface area (Å²) in [5.41, 5.74) is 8.70. The number of nitrogens with one attached hydrogen (secondary N) is 2. The fourth-order valence-corrected chi connectivity index (χ4v) is 3.94. The number of halogens is 2. The molecule has 2 heterocycles. The number of aromatic amines is 1. The van der Waals surface area contributed by atoms with Crippen molar-refractivity contribution in [2.45, 2.75) is 12.8 Å². The lowest BCUT2D eigenvalue weighted by Crippen LogP contribution is -2.23. The van der Waals surface area contributed by atoms with Crippen LogP contribution in [0.25, 0.3) is 0 Å². The van der Waals surface area contributed by atoms with E-state index in [-0.39, 0.29) is 18.1 Å². The largest absolute Gasteiger partial charge is 0.483 e. The van der Waals surface area contributed by atoms with E-state index in [1.54, 1.807) is 30.3 Å². The Labute approximate surface area is 193 Å². The lowest BCUT2D eigenvalue weighted by Gasteiger charge is -2.25. The average molecular weight is 470 g/mol. The maximum absolute atomic E-state index is 12.4. The van der Waals surface area contributed by atoms with E-state index in [0.717, 1.165) is 5.69 Å². The summed E-state index contributed by atoms with van der Waals surface area (Å²) in [7, 11) is 0. The summed E-state index contributed by atoms with van der Waals surface area (Å²) >= 11 is 12.0. The third-order valence-electron chi connectivity index (χ3n) is 4.92. The molecule has 32 heavy (non-hydrogen) atoms. The summed E-state index contributed by atoms with van der Waals surface area (Å²) < 4.78 is 11.3. The molecule has 0 bridgehead atoms. The van der Waals surface area contributed by atoms with Crippen molar-refractivity contribution in [1.82, 2.24) is 10.2 Å². The van der Waals surface area contributed by atoms with E-state index in [1.807, 2.05) is 13.0 Å². The van der Waals surface area contributed by atoms with Crippen LogP contribution in [0.2, 0.25) is 10.0 Å². The average Bonchev–Trinajstić information content (AvgIpc) is 3.13. The number of hydrogen-bond acceptors (Lipinski definition) is 6. The number of nitrogens with two attached hydrogens (primary N) is 1. The van der Waals surface area contributed by atoms with Gasteiger partial charge in [-0.05, 0) is 31.2 Å². The van der Waals surface area contributed by atoms with Crippen molar-refractivity contribution in [2.75, 3.05) is 11.9 Å². The number of fused-ring (bicyclic) bond motifs is 1. The molecule has 0 aliphatic carbocycles. The molecule has 1 atom stereocenters. The second-order valence-corrected chi connectivity index (χ2v) is 7.83. The highest BCUT2D eigenvalue weighted by Gasteiger charge is 2.35. The van der Waals surface area contributed by atoms with Gasteiger partial charge in [0.15, 0.2) is 6.61 Å². The van der Waals surface area contributed by atoms with E-state index < -0.39 is 11.8 Å². The number of aromatic nitrogens is 2. The van der Waals surface area contributed by atoms with Crippen LogP contribution >= 0.6 is 23.2 Å². The van der Waals surface area contributed by atoms with Crippen molar-refractivity contribution in [3.8, 4) is 17.7 Å². The van der Waals surface area contributed by atoms with Crippen molar-refractivity contribution >= 4 is 34.8 Å². The fourth-order valence-electron chi connectivity index (χ4n) is 3.48. The first-order chi connectivity index (χ1) is 15.4. The topological polar surface area (TPSA) is 126 Å². The van der Waals surface area contributed by atoms with Gasteiger partial charge in [0.2, 0.25) is 11.8 Å². The number of para-hydroxylation sites is 1. The molecule has 2 aromatic carbocycles. The van der Waals surface area contributed by atoms with Gasteiger partial charge in [-0.2, -0.15) is 5.26 Å². The normalized spacial score (nSPS) is 14.9. The first kappa shape index (κ1) is 21.6. The number of allylic oxidation sites excluding steroid dienone is 1. The van der Waals surface area contributed by atoms with Gasteiger partial charge in [0.25, 0.3) is 5.91 Å². The molecule has 1 amide bonds. The quantitative estimate of drug-likeness (QED) is 0.512. The predicted molar refractivity (Wildman–Crippen MR) is 120 cm³/mol. The zero-order valence-corrected chi connectivity index (χ0v) is 18.3. The fraction of sp³-hybridized carbons (Fsp3) is 0.136. The molecule has 4 rings (SSSR count). The van der Waals surface area contributed by atoms with Crippen LogP contribution in [-0.4, -0.2) is 22.7 Å². The molecule has 8 nitrogen and oxygen atoms in total. The SMILES string of the molecule is Cc1[nH]nc2c1C(c1ccccc1OCC(=O)Nc1ccc(Cl)cc1Cl)C(C#N)=C(N)O2. The first-order valence-corrected chi connectivity index (χ1v) is 10.2. The van der Waals surface area contributed by atoms with Crippen LogP contribution in [0.15, 0.2) is 53.9 Å². The molecule has 1 aromatic heterocycles. The van der Waals surface area contributed by atoms with Crippen molar-refractivity contribution in [1.29, 1.82) is 5.26 Å². The summed E-state index contributed by atoms with van der Waals surface area (Å²) in [6, 6.07) is 14.0. The van der Waals surface area contributed by atoms with Gasteiger partial charge in [0.05, 0.1) is 16.6 Å². The predicted octanol–water partition coefficient (Wildman–Crippen LogP) is 4.26. The number of rotatable bonds is 5. The lowest BCUT2D eigenvalue weighted by molar-refractivity contribution is -0.118. The number of H-pyrrole nitrogens is 1. The molecule has 10 heteroatoms. The molecule has 0 fully saturated rings. The molecule has 4 N–H and O–H groups in total. The van der Waals surface area contributed by atoms with Gasteiger partial charge in [0, 0.05) is 21.8 Å². The van der Waals surface area contributed by atoms with E-state index in [2.05, 4.69) is 21.6 Å². The molecule has 1 aliphatic heterocycles. The molecular weight excluding hydrogens is 453 g/mol. The van der Waals surface area contributed by atoms with Crippen molar-refractivity contribution in [3.63, 3.8) is 0 Å². The van der Waals surface area contributed by atoms with Gasteiger partial charge in [-0.25, -0.2) is 0 Å². The Morgan fingerprint density at radius 2 is 2.12 bits per heavy atom. The molecule has 1 unspecified atom stereocenters. The third-order valence-corrected chi connectivity index (χ3v) is 5.47.